The maximum atomic E-state index is 12.4. The monoisotopic (exact) mass is 732 g/mol. The summed E-state index contributed by atoms with van der Waals surface area (Å²) in [6, 6.07) is 0. The predicted molar refractivity (Wildman–Crippen MR) is 213 cm³/mol. The number of likely N-dealkylation sites (N-methyl/N-ethyl adjacent to an activating group) is 1. The van der Waals surface area contributed by atoms with Crippen LogP contribution in [0.25, 0.3) is 0 Å². The standard InChI is InChI=1S/C42H86NO6P/c1-6-8-10-12-14-16-18-20-22-23-25-27-29-31-33-35-38-47-42(41-49-50(44,45)48-39-36-43(3,4)5)40-46-37-34-32-30-28-26-24-21-19-17-15-13-11-9-7-2/h20,22,42H,6-19,21,23-41H2,1-5H3/b22-20-. The Balaban J connectivity index is 4.10. The minimum absolute atomic E-state index is 0.0731. The van der Waals surface area contributed by atoms with E-state index in [4.69, 9.17) is 18.5 Å². The molecule has 0 saturated carbocycles. The van der Waals surface area contributed by atoms with Crippen LogP contribution in [-0.2, 0) is 23.1 Å². The van der Waals surface area contributed by atoms with Gasteiger partial charge in [-0.1, -0.05) is 167 Å². The molecule has 0 aromatic carbocycles. The number of rotatable bonds is 41. The Morgan fingerprint density at radius 3 is 1.36 bits per heavy atom. The van der Waals surface area contributed by atoms with E-state index in [9.17, 15) is 9.46 Å². The van der Waals surface area contributed by atoms with Gasteiger partial charge in [0.2, 0.25) is 0 Å². The average Bonchev–Trinajstić information content (AvgIpc) is 3.07. The number of hydrogen-bond acceptors (Lipinski definition) is 6. The lowest BCUT2D eigenvalue weighted by Gasteiger charge is -2.28. The molecule has 0 aromatic rings. The van der Waals surface area contributed by atoms with E-state index in [-0.39, 0.29) is 13.2 Å². The molecule has 0 fully saturated rings. The summed E-state index contributed by atoms with van der Waals surface area (Å²) in [4.78, 5) is 12.4. The summed E-state index contributed by atoms with van der Waals surface area (Å²) in [5.41, 5.74) is 0. The minimum Gasteiger partial charge on any atom is -0.756 e. The fourth-order valence-electron chi connectivity index (χ4n) is 6.00. The van der Waals surface area contributed by atoms with Gasteiger partial charge in [0.1, 0.15) is 19.3 Å². The van der Waals surface area contributed by atoms with Crippen LogP contribution >= 0.6 is 7.82 Å². The first-order chi connectivity index (χ1) is 24.2. The highest BCUT2D eigenvalue weighted by molar-refractivity contribution is 7.45. The van der Waals surface area contributed by atoms with E-state index >= 15 is 0 Å². The van der Waals surface area contributed by atoms with Crippen LogP contribution in [0.15, 0.2) is 12.2 Å². The third-order valence-corrected chi connectivity index (χ3v) is 10.3. The number of allylic oxidation sites excluding steroid dienone is 2. The molecule has 50 heavy (non-hydrogen) atoms. The van der Waals surface area contributed by atoms with Gasteiger partial charge in [0.25, 0.3) is 7.82 Å². The number of quaternary nitrogens is 1. The zero-order chi connectivity index (χ0) is 36.9. The van der Waals surface area contributed by atoms with E-state index in [0.29, 0.717) is 30.8 Å². The third kappa shape index (κ3) is 40.5. The second-order valence-electron chi connectivity index (χ2n) is 15.7. The maximum absolute atomic E-state index is 12.4. The molecular formula is C42H86NO6P. The molecule has 0 N–H and O–H groups in total. The van der Waals surface area contributed by atoms with Crippen molar-refractivity contribution in [2.24, 2.45) is 0 Å². The second-order valence-corrected chi connectivity index (χ2v) is 17.1. The lowest BCUT2D eigenvalue weighted by molar-refractivity contribution is -0.870. The summed E-state index contributed by atoms with van der Waals surface area (Å²) in [5, 5.41) is 0. The van der Waals surface area contributed by atoms with Crippen LogP contribution in [0.2, 0.25) is 0 Å². The molecule has 0 spiro atoms. The Morgan fingerprint density at radius 1 is 0.520 bits per heavy atom. The van der Waals surface area contributed by atoms with Crippen molar-refractivity contribution in [3.05, 3.63) is 12.2 Å². The van der Waals surface area contributed by atoms with Crippen molar-refractivity contribution in [1.82, 2.24) is 0 Å². The molecule has 0 aliphatic heterocycles. The van der Waals surface area contributed by atoms with Crippen LogP contribution in [0.3, 0.4) is 0 Å². The van der Waals surface area contributed by atoms with Crippen molar-refractivity contribution in [1.29, 1.82) is 0 Å². The summed E-state index contributed by atoms with van der Waals surface area (Å²) in [5.74, 6) is 0. The molecule has 0 saturated heterocycles. The van der Waals surface area contributed by atoms with E-state index in [1.165, 1.54) is 161 Å². The van der Waals surface area contributed by atoms with Crippen molar-refractivity contribution in [2.75, 3.05) is 60.7 Å². The molecule has 0 heterocycles. The van der Waals surface area contributed by atoms with Crippen LogP contribution < -0.4 is 4.89 Å². The van der Waals surface area contributed by atoms with Gasteiger partial charge in [-0.3, -0.25) is 4.57 Å². The van der Waals surface area contributed by atoms with Gasteiger partial charge in [0, 0.05) is 13.2 Å². The largest absolute Gasteiger partial charge is 0.756 e. The van der Waals surface area contributed by atoms with Crippen molar-refractivity contribution in [3.63, 3.8) is 0 Å². The van der Waals surface area contributed by atoms with Crippen LogP contribution in [-0.4, -0.2) is 71.3 Å². The number of hydrogen-bond donors (Lipinski definition) is 0. The van der Waals surface area contributed by atoms with E-state index in [2.05, 4.69) is 26.0 Å². The summed E-state index contributed by atoms with van der Waals surface area (Å²) in [7, 11) is 1.60. The molecule has 300 valence electrons. The van der Waals surface area contributed by atoms with Crippen molar-refractivity contribution in [3.8, 4) is 0 Å². The van der Waals surface area contributed by atoms with E-state index in [1.54, 1.807) is 0 Å². The van der Waals surface area contributed by atoms with Crippen LogP contribution in [0.1, 0.15) is 194 Å². The fourth-order valence-corrected chi connectivity index (χ4v) is 6.72. The Hall–Kier alpha value is -0.270. The Kier molecular flexibility index (Phi) is 36.9. The lowest BCUT2D eigenvalue weighted by Crippen LogP contribution is -2.37. The van der Waals surface area contributed by atoms with Crippen molar-refractivity contribution >= 4 is 7.82 Å². The SMILES string of the molecule is CCCCCCCC/C=C\CCCCCCCCOC(COCCCCCCCCCCCCCCCC)COP(=O)([O-])OCC[N+](C)(C)C. The highest BCUT2D eigenvalue weighted by Crippen LogP contribution is 2.38. The van der Waals surface area contributed by atoms with Crippen LogP contribution in [0.4, 0.5) is 0 Å². The van der Waals surface area contributed by atoms with Crippen LogP contribution in [0.5, 0.6) is 0 Å². The van der Waals surface area contributed by atoms with E-state index in [0.717, 1.165) is 19.3 Å². The van der Waals surface area contributed by atoms with Crippen LogP contribution in [0, 0.1) is 0 Å². The molecule has 2 unspecified atom stereocenters. The minimum atomic E-state index is -4.39. The first-order valence-electron chi connectivity index (χ1n) is 21.4. The number of phosphoric ester groups is 1. The summed E-state index contributed by atoms with van der Waals surface area (Å²) in [6.45, 7) is 6.74. The maximum Gasteiger partial charge on any atom is 0.268 e. The fraction of sp³-hybridized carbons (Fsp3) is 0.952. The number of unbranched alkanes of at least 4 members (excludes halogenated alkanes) is 25. The first kappa shape index (κ1) is 49.7. The zero-order valence-corrected chi connectivity index (χ0v) is 35.0. The Labute approximate surface area is 312 Å². The zero-order valence-electron chi connectivity index (χ0n) is 34.1. The normalized spacial score (nSPS) is 14.1. The van der Waals surface area contributed by atoms with Crippen molar-refractivity contribution in [2.45, 2.75) is 200 Å². The number of ether oxygens (including phenoxy) is 2. The lowest BCUT2D eigenvalue weighted by atomic mass is 10.0. The van der Waals surface area contributed by atoms with Gasteiger partial charge in [0.05, 0.1) is 34.4 Å². The number of phosphoric acid groups is 1. The molecule has 8 heteroatoms. The van der Waals surface area contributed by atoms with Gasteiger partial charge in [0.15, 0.2) is 0 Å². The molecule has 0 amide bonds. The van der Waals surface area contributed by atoms with Gasteiger partial charge in [-0.25, -0.2) is 0 Å². The van der Waals surface area contributed by atoms with Gasteiger partial charge >= 0.3 is 0 Å². The average molecular weight is 732 g/mol. The van der Waals surface area contributed by atoms with E-state index in [1.807, 2.05) is 21.1 Å². The summed E-state index contributed by atoms with van der Waals surface area (Å²) in [6.07, 6.45) is 40.7. The second kappa shape index (κ2) is 37.1. The number of nitrogens with zero attached hydrogens (tertiary/aromatic N) is 1. The predicted octanol–water partition coefficient (Wildman–Crippen LogP) is 12.1. The third-order valence-electron chi connectivity index (χ3n) is 9.39. The smallest absolute Gasteiger partial charge is 0.268 e. The molecule has 7 nitrogen and oxygen atoms in total. The molecule has 0 bridgehead atoms. The Morgan fingerprint density at radius 2 is 0.920 bits per heavy atom. The van der Waals surface area contributed by atoms with Crippen molar-refractivity contribution < 1.29 is 32.5 Å². The van der Waals surface area contributed by atoms with Gasteiger partial charge < -0.3 is 27.9 Å². The molecule has 0 aliphatic carbocycles. The van der Waals surface area contributed by atoms with Gasteiger partial charge in [-0.05, 0) is 38.5 Å². The summed E-state index contributed by atoms with van der Waals surface area (Å²) < 4.78 is 35.3. The first-order valence-corrected chi connectivity index (χ1v) is 22.9. The molecule has 0 aliphatic rings. The molecular weight excluding hydrogens is 645 g/mol. The van der Waals surface area contributed by atoms with Gasteiger partial charge in [-0.15, -0.1) is 0 Å². The molecule has 2 atom stereocenters. The Bertz CT molecular complexity index is 759. The molecule has 0 radical (unpaired) electrons. The highest BCUT2D eigenvalue weighted by Gasteiger charge is 2.18. The van der Waals surface area contributed by atoms with E-state index < -0.39 is 13.9 Å². The summed E-state index contributed by atoms with van der Waals surface area (Å²) >= 11 is 0. The molecule has 0 aromatic heterocycles. The topological polar surface area (TPSA) is 77.1 Å². The van der Waals surface area contributed by atoms with Gasteiger partial charge in [-0.2, -0.15) is 0 Å². The quantitative estimate of drug-likeness (QED) is 0.0270. The highest BCUT2D eigenvalue weighted by atomic mass is 31.2. The molecule has 0 rings (SSSR count).